The van der Waals surface area contributed by atoms with Crippen molar-refractivity contribution in [3.63, 3.8) is 0 Å². The molecule has 3 aliphatic rings. The summed E-state index contributed by atoms with van der Waals surface area (Å²) in [5.74, 6) is -1.14. The Bertz CT molecular complexity index is 1070. The summed E-state index contributed by atoms with van der Waals surface area (Å²) in [6.45, 7) is 12.9. The minimum Gasteiger partial charge on any atom is -0.434 e. The molecular weight excluding hydrogens is 502 g/mol. The van der Waals surface area contributed by atoms with Gasteiger partial charge in [0.2, 0.25) is 6.29 Å². The van der Waals surface area contributed by atoms with Crippen molar-refractivity contribution in [2.75, 3.05) is 13.2 Å². The third kappa shape index (κ3) is 5.21. The van der Waals surface area contributed by atoms with Crippen molar-refractivity contribution in [2.45, 2.75) is 89.6 Å². The van der Waals surface area contributed by atoms with Crippen LogP contribution < -0.4 is 10.4 Å². The molecule has 8 nitrogen and oxygen atoms in total. The van der Waals surface area contributed by atoms with Crippen LogP contribution >= 0.6 is 0 Å². The van der Waals surface area contributed by atoms with Crippen LogP contribution in [-0.2, 0) is 33.0 Å². The van der Waals surface area contributed by atoms with Gasteiger partial charge in [0.25, 0.3) is 8.32 Å². The lowest BCUT2D eigenvalue weighted by Crippen LogP contribution is -2.67. The van der Waals surface area contributed by atoms with Gasteiger partial charge in [-0.1, -0.05) is 81.4 Å². The minimum absolute atomic E-state index is 0.158. The van der Waals surface area contributed by atoms with Crippen LogP contribution in [0.3, 0.4) is 0 Å². The maximum atomic E-state index is 11.4. The van der Waals surface area contributed by atoms with E-state index in [4.69, 9.17) is 28.2 Å². The molecule has 9 heteroatoms. The molecule has 3 heterocycles. The van der Waals surface area contributed by atoms with Crippen LogP contribution in [0.25, 0.3) is 0 Å². The zero-order valence-electron chi connectivity index (χ0n) is 23.1. The van der Waals surface area contributed by atoms with Gasteiger partial charge in [-0.25, -0.2) is 0 Å². The molecule has 0 saturated carbocycles. The van der Waals surface area contributed by atoms with Crippen molar-refractivity contribution >= 4 is 24.7 Å². The van der Waals surface area contributed by atoms with E-state index >= 15 is 0 Å². The number of ether oxygens (including phenoxy) is 4. The third-order valence-electron chi connectivity index (χ3n) is 7.43. The molecule has 0 aromatic heterocycles. The van der Waals surface area contributed by atoms with Crippen molar-refractivity contribution in [1.29, 1.82) is 0 Å². The predicted octanol–water partition coefficient (Wildman–Crippen LogP) is 3.33. The number of rotatable bonds is 7. The molecule has 0 amide bonds. The summed E-state index contributed by atoms with van der Waals surface area (Å²) in [5, 5.41) is 3.98. The molecule has 2 aromatic rings. The molecule has 5 atom stereocenters. The highest BCUT2D eigenvalue weighted by atomic mass is 28.4. The Morgan fingerprint density at radius 2 is 1.58 bits per heavy atom. The van der Waals surface area contributed by atoms with Gasteiger partial charge in [-0.05, 0) is 29.3 Å². The predicted molar refractivity (Wildman–Crippen MR) is 144 cm³/mol. The molecule has 5 rings (SSSR count). The van der Waals surface area contributed by atoms with E-state index in [2.05, 4.69) is 69.3 Å². The first-order valence-corrected chi connectivity index (χ1v) is 15.3. The van der Waals surface area contributed by atoms with Crippen LogP contribution in [0.1, 0.15) is 48.0 Å². The molecule has 0 spiro atoms. The first-order chi connectivity index (χ1) is 18.0. The molecule has 3 aliphatic heterocycles. The Labute approximate surface area is 226 Å². The number of benzene rings is 2. The Hall–Kier alpha value is -2.11. The Morgan fingerprint density at radius 1 is 1.00 bits per heavy atom. The number of hydroxylamine groups is 2. The molecule has 1 unspecified atom stereocenters. The molecule has 0 radical (unpaired) electrons. The highest BCUT2D eigenvalue weighted by Gasteiger charge is 2.59. The van der Waals surface area contributed by atoms with Gasteiger partial charge in [-0.2, -0.15) is 5.06 Å². The number of carbonyl (C=O) groups is 1. The molecule has 0 N–H and O–H groups in total. The van der Waals surface area contributed by atoms with E-state index < -0.39 is 26.6 Å². The van der Waals surface area contributed by atoms with Gasteiger partial charge in [0.15, 0.2) is 12.0 Å². The van der Waals surface area contributed by atoms with Crippen molar-refractivity contribution in [2.24, 2.45) is 0 Å². The fourth-order valence-corrected chi connectivity index (χ4v) is 10.5. The van der Waals surface area contributed by atoms with Gasteiger partial charge in [0.05, 0.1) is 6.61 Å². The molecule has 2 aromatic carbocycles. The Morgan fingerprint density at radius 3 is 2.13 bits per heavy atom. The lowest BCUT2D eigenvalue weighted by Gasteiger charge is -2.43. The summed E-state index contributed by atoms with van der Waals surface area (Å²) in [6, 6.07) is 21.1. The molecule has 206 valence electrons. The van der Waals surface area contributed by atoms with Crippen LogP contribution in [0.15, 0.2) is 60.7 Å². The van der Waals surface area contributed by atoms with Gasteiger partial charge in [0, 0.05) is 19.9 Å². The second kappa shape index (κ2) is 10.5. The summed E-state index contributed by atoms with van der Waals surface area (Å²) in [6.07, 6.45) is -1.64. The number of fused-ring (bicyclic) bond motifs is 1. The van der Waals surface area contributed by atoms with Crippen LogP contribution in [0.5, 0.6) is 0 Å². The van der Waals surface area contributed by atoms with E-state index in [1.807, 2.05) is 26.0 Å². The standard InChI is InChI=1S/C29H39NO7Si/c1-20(31)33-24-17-18-30(37-24)27-26-25(35-29(5,6)36-26)23(34-27)19-32-38(28(2,3)4,21-13-9-7-10-14-21)22-15-11-8-12-16-22/h7-16,23-27H,17-19H2,1-6H3/t23-,24?,25-,26-,27+/m1/s1. The summed E-state index contributed by atoms with van der Waals surface area (Å²) < 4.78 is 31.6. The van der Waals surface area contributed by atoms with Crippen LogP contribution in [0.2, 0.25) is 5.04 Å². The van der Waals surface area contributed by atoms with E-state index in [-0.39, 0.29) is 29.3 Å². The highest BCUT2D eigenvalue weighted by molar-refractivity contribution is 6.99. The first kappa shape index (κ1) is 27.5. The smallest absolute Gasteiger partial charge is 0.304 e. The summed E-state index contributed by atoms with van der Waals surface area (Å²) in [5.41, 5.74) is 0. The molecular formula is C29H39NO7Si. The van der Waals surface area contributed by atoms with Crippen LogP contribution in [0.4, 0.5) is 0 Å². The maximum Gasteiger partial charge on any atom is 0.304 e. The second-order valence-electron chi connectivity index (χ2n) is 11.7. The largest absolute Gasteiger partial charge is 0.434 e. The molecule has 0 bridgehead atoms. The molecule has 3 saturated heterocycles. The van der Waals surface area contributed by atoms with Gasteiger partial charge >= 0.3 is 5.97 Å². The van der Waals surface area contributed by atoms with Gasteiger partial charge in [-0.15, -0.1) is 0 Å². The SMILES string of the molecule is CC(=O)OC1CCN([C@H]2O[C@H](CO[Si](c3ccccc3)(c3ccccc3)C(C)(C)C)[C@H]3OC(C)(C)O[C@H]32)O1. The van der Waals surface area contributed by atoms with Crippen molar-refractivity contribution < 1.29 is 33.0 Å². The average molecular weight is 542 g/mol. The summed E-state index contributed by atoms with van der Waals surface area (Å²) in [7, 11) is -2.76. The third-order valence-corrected chi connectivity index (χ3v) is 12.4. The van der Waals surface area contributed by atoms with Gasteiger partial charge in [-0.3, -0.25) is 9.63 Å². The number of carbonyl (C=O) groups excluding carboxylic acids is 1. The fourth-order valence-electron chi connectivity index (χ4n) is 5.94. The van der Waals surface area contributed by atoms with E-state index in [1.54, 1.807) is 5.06 Å². The number of hydrogen-bond acceptors (Lipinski definition) is 8. The van der Waals surface area contributed by atoms with Crippen molar-refractivity contribution in [3.05, 3.63) is 60.7 Å². The normalized spacial score (nSPS) is 29.4. The van der Waals surface area contributed by atoms with Gasteiger partial charge in [0.1, 0.15) is 18.3 Å². The number of esters is 1. The maximum absolute atomic E-state index is 11.4. The zero-order chi connectivity index (χ0) is 27.1. The van der Waals surface area contributed by atoms with Crippen molar-refractivity contribution in [1.82, 2.24) is 5.06 Å². The lowest BCUT2D eigenvalue weighted by molar-refractivity contribution is -0.301. The molecule has 3 fully saturated rings. The highest BCUT2D eigenvalue weighted by Crippen LogP contribution is 2.42. The van der Waals surface area contributed by atoms with E-state index in [1.165, 1.54) is 17.3 Å². The number of nitrogens with zero attached hydrogens (tertiary/aromatic N) is 1. The number of hydrogen-bond donors (Lipinski definition) is 0. The monoisotopic (exact) mass is 541 g/mol. The zero-order valence-corrected chi connectivity index (χ0v) is 24.1. The second-order valence-corrected chi connectivity index (χ2v) is 16.0. The first-order valence-electron chi connectivity index (χ1n) is 13.4. The van der Waals surface area contributed by atoms with Crippen molar-refractivity contribution in [3.8, 4) is 0 Å². The fraction of sp³-hybridized carbons (Fsp3) is 0.552. The van der Waals surface area contributed by atoms with E-state index in [9.17, 15) is 4.79 Å². The van der Waals surface area contributed by atoms with Crippen LogP contribution in [-0.4, -0.2) is 69.1 Å². The lowest BCUT2D eigenvalue weighted by atomic mass is 10.1. The average Bonchev–Trinajstić information content (AvgIpc) is 3.53. The quantitative estimate of drug-likeness (QED) is 0.390. The summed E-state index contributed by atoms with van der Waals surface area (Å²) in [4.78, 5) is 17.3. The molecule has 38 heavy (non-hydrogen) atoms. The van der Waals surface area contributed by atoms with Gasteiger partial charge < -0.3 is 23.4 Å². The van der Waals surface area contributed by atoms with E-state index in [0.717, 1.165) is 0 Å². The van der Waals surface area contributed by atoms with Crippen LogP contribution in [0, 0.1) is 0 Å². The molecule has 0 aliphatic carbocycles. The van der Waals surface area contributed by atoms with E-state index in [0.29, 0.717) is 19.6 Å². The topological polar surface area (TPSA) is 75.7 Å². The minimum atomic E-state index is -2.76. The Balaban J connectivity index is 1.43. The Kier molecular flexibility index (Phi) is 7.56. The summed E-state index contributed by atoms with van der Waals surface area (Å²) >= 11 is 0.